The number of nitrogens with zero attached hydrogens (tertiary/aromatic N) is 4. The Bertz CT molecular complexity index is 696. The molecule has 0 radical (unpaired) electrons. The van der Waals surface area contributed by atoms with Crippen LogP contribution in [0.4, 0.5) is 0 Å². The summed E-state index contributed by atoms with van der Waals surface area (Å²) in [4.78, 5) is 23.8. The summed E-state index contributed by atoms with van der Waals surface area (Å²) in [5.41, 5.74) is 1.23. The van der Waals surface area contributed by atoms with Crippen molar-refractivity contribution in [2.45, 2.75) is 36.9 Å². The van der Waals surface area contributed by atoms with Gasteiger partial charge in [0, 0.05) is 5.54 Å². The fraction of sp³-hybridized carbons (Fsp3) is 0.538. The van der Waals surface area contributed by atoms with E-state index in [9.17, 15) is 4.79 Å². The van der Waals surface area contributed by atoms with E-state index in [1.165, 1.54) is 25.2 Å². The van der Waals surface area contributed by atoms with Gasteiger partial charge in [-0.3, -0.25) is 9.36 Å². The first-order chi connectivity index (χ1) is 10.0. The molecule has 1 aliphatic rings. The minimum absolute atomic E-state index is 0.0326. The standard InChI is InChI=1S/C13H16N4O3S/c1-13(4-3-5-13)17-10-9(11(20-2)15-7-14-10)16-12(17)21-6-8(18)19/h7H,3-6H2,1-2H3,(H,18,19). The van der Waals surface area contributed by atoms with Crippen LogP contribution in [-0.2, 0) is 10.3 Å². The maximum atomic E-state index is 10.8. The summed E-state index contributed by atoms with van der Waals surface area (Å²) < 4.78 is 7.28. The first-order valence-electron chi connectivity index (χ1n) is 6.68. The monoisotopic (exact) mass is 308 g/mol. The van der Waals surface area contributed by atoms with Gasteiger partial charge < -0.3 is 9.84 Å². The van der Waals surface area contributed by atoms with Gasteiger partial charge >= 0.3 is 5.97 Å². The lowest BCUT2D eigenvalue weighted by Crippen LogP contribution is -2.37. The predicted molar refractivity (Wildman–Crippen MR) is 77.7 cm³/mol. The molecule has 21 heavy (non-hydrogen) atoms. The number of aliphatic carboxylic acids is 1. The lowest BCUT2D eigenvalue weighted by Gasteiger charge is -2.40. The first-order valence-corrected chi connectivity index (χ1v) is 7.66. The van der Waals surface area contributed by atoms with E-state index in [-0.39, 0.29) is 11.3 Å². The van der Waals surface area contributed by atoms with Crippen molar-refractivity contribution in [2.24, 2.45) is 0 Å². The van der Waals surface area contributed by atoms with Crippen molar-refractivity contribution in [3.63, 3.8) is 0 Å². The number of hydrogen-bond acceptors (Lipinski definition) is 6. The molecule has 0 atom stereocenters. The molecule has 1 fully saturated rings. The molecule has 0 aromatic carbocycles. The first kappa shape index (κ1) is 14.1. The number of carboxylic acid groups (broad SMARTS) is 1. The van der Waals surface area contributed by atoms with Crippen LogP contribution in [0.25, 0.3) is 11.2 Å². The van der Waals surface area contributed by atoms with Crippen molar-refractivity contribution in [3.8, 4) is 5.88 Å². The molecule has 2 heterocycles. The van der Waals surface area contributed by atoms with Crippen LogP contribution < -0.4 is 4.74 Å². The van der Waals surface area contributed by atoms with E-state index in [0.717, 1.165) is 19.3 Å². The Morgan fingerprint density at radius 3 is 2.86 bits per heavy atom. The van der Waals surface area contributed by atoms with Gasteiger partial charge in [0.15, 0.2) is 16.3 Å². The quantitative estimate of drug-likeness (QED) is 0.844. The molecule has 0 aliphatic heterocycles. The number of aromatic nitrogens is 4. The van der Waals surface area contributed by atoms with Crippen molar-refractivity contribution in [2.75, 3.05) is 12.9 Å². The number of thioether (sulfide) groups is 1. The fourth-order valence-corrected chi connectivity index (χ4v) is 3.47. The predicted octanol–water partition coefficient (Wildman–Crippen LogP) is 1.91. The number of hydrogen-bond donors (Lipinski definition) is 1. The highest BCUT2D eigenvalue weighted by molar-refractivity contribution is 7.99. The van der Waals surface area contributed by atoms with E-state index in [4.69, 9.17) is 9.84 Å². The number of rotatable bonds is 5. The van der Waals surface area contributed by atoms with Crippen molar-refractivity contribution in [1.82, 2.24) is 19.5 Å². The van der Waals surface area contributed by atoms with Gasteiger partial charge in [-0.2, -0.15) is 4.98 Å². The normalized spacial score (nSPS) is 16.7. The number of fused-ring (bicyclic) bond motifs is 1. The Labute approximate surface area is 125 Å². The van der Waals surface area contributed by atoms with Crippen LogP contribution >= 0.6 is 11.8 Å². The third-order valence-electron chi connectivity index (χ3n) is 3.87. The molecule has 1 saturated carbocycles. The third-order valence-corrected chi connectivity index (χ3v) is 4.79. The van der Waals surface area contributed by atoms with Gasteiger partial charge in [0.1, 0.15) is 6.33 Å². The highest BCUT2D eigenvalue weighted by atomic mass is 32.2. The SMILES string of the molecule is COc1ncnc2c1nc(SCC(=O)O)n2C1(C)CCC1. The Morgan fingerprint density at radius 1 is 1.52 bits per heavy atom. The number of carbonyl (C=O) groups is 1. The van der Waals surface area contributed by atoms with Gasteiger partial charge in [0.2, 0.25) is 5.88 Å². The number of carboxylic acids is 1. The molecule has 2 aromatic rings. The van der Waals surface area contributed by atoms with Gasteiger partial charge in [-0.15, -0.1) is 0 Å². The van der Waals surface area contributed by atoms with Gasteiger partial charge in [0.05, 0.1) is 12.9 Å². The smallest absolute Gasteiger partial charge is 0.313 e. The maximum absolute atomic E-state index is 10.8. The van der Waals surface area contributed by atoms with E-state index in [0.29, 0.717) is 22.2 Å². The Hall–Kier alpha value is -1.83. The van der Waals surface area contributed by atoms with Crippen LogP contribution in [0, 0.1) is 0 Å². The largest absolute Gasteiger partial charge is 0.481 e. The second-order valence-electron chi connectivity index (χ2n) is 5.32. The van der Waals surface area contributed by atoms with Gasteiger partial charge in [-0.05, 0) is 26.2 Å². The Kier molecular flexibility index (Phi) is 3.48. The van der Waals surface area contributed by atoms with E-state index in [1.54, 1.807) is 0 Å². The fourth-order valence-electron chi connectivity index (χ4n) is 2.62. The summed E-state index contributed by atoms with van der Waals surface area (Å²) in [5.74, 6) is -0.482. The lowest BCUT2D eigenvalue weighted by atomic mass is 9.78. The summed E-state index contributed by atoms with van der Waals surface area (Å²) >= 11 is 1.21. The van der Waals surface area contributed by atoms with Crippen molar-refractivity contribution in [3.05, 3.63) is 6.33 Å². The minimum Gasteiger partial charge on any atom is -0.481 e. The molecule has 1 N–H and O–H groups in total. The molecule has 112 valence electrons. The average molecular weight is 308 g/mol. The summed E-state index contributed by atoms with van der Waals surface area (Å²) in [6.07, 6.45) is 4.67. The summed E-state index contributed by atoms with van der Waals surface area (Å²) in [5, 5.41) is 9.57. The average Bonchev–Trinajstić information content (AvgIpc) is 2.81. The highest BCUT2D eigenvalue weighted by Gasteiger charge is 2.38. The van der Waals surface area contributed by atoms with Crippen molar-refractivity contribution < 1.29 is 14.6 Å². The van der Waals surface area contributed by atoms with E-state index >= 15 is 0 Å². The van der Waals surface area contributed by atoms with Crippen LogP contribution in [-0.4, -0.2) is 43.5 Å². The number of imidazole rings is 1. The summed E-state index contributed by atoms with van der Waals surface area (Å²) in [6.45, 7) is 2.15. The van der Waals surface area contributed by atoms with E-state index < -0.39 is 5.97 Å². The maximum Gasteiger partial charge on any atom is 0.313 e. The van der Waals surface area contributed by atoms with E-state index in [1.807, 2.05) is 4.57 Å². The third kappa shape index (κ3) is 2.33. The van der Waals surface area contributed by atoms with Crippen LogP contribution in [0.1, 0.15) is 26.2 Å². The van der Waals surface area contributed by atoms with Crippen molar-refractivity contribution in [1.29, 1.82) is 0 Å². The molecule has 0 spiro atoms. The Balaban J connectivity index is 2.15. The molecule has 0 bridgehead atoms. The topological polar surface area (TPSA) is 90.1 Å². The number of methoxy groups -OCH3 is 1. The molecular formula is C13H16N4O3S. The second kappa shape index (κ2) is 5.18. The minimum atomic E-state index is -0.865. The highest BCUT2D eigenvalue weighted by Crippen LogP contribution is 2.43. The molecule has 3 rings (SSSR count). The van der Waals surface area contributed by atoms with Crippen LogP contribution in [0.3, 0.4) is 0 Å². The molecule has 2 aromatic heterocycles. The number of ether oxygens (including phenoxy) is 1. The van der Waals surface area contributed by atoms with Crippen LogP contribution in [0.2, 0.25) is 0 Å². The van der Waals surface area contributed by atoms with Crippen LogP contribution in [0.5, 0.6) is 5.88 Å². The summed E-state index contributed by atoms with van der Waals surface area (Å²) in [7, 11) is 1.54. The molecule has 0 saturated heterocycles. The lowest BCUT2D eigenvalue weighted by molar-refractivity contribution is -0.133. The van der Waals surface area contributed by atoms with Gasteiger partial charge in [0.25, 0.3) is 0 Å². The van der Waals surface area contributed by atoms with Gasteiger partial charge in [-0.25, -0.2) is 9.97 Å². The summed E-state index contributed by atoms with van der Waals surface area (Å²) in [6, 6.07) is 0. The zero-order valence-corrected chi connectivity index (χ0v) is 12.7. The molecule has 1 aliphatic carbocycles. The second-order valence-corrected chi connectivity index (χ2v) is 6.26. The van der Waals surface area contributed by atoms with Gasteiger partial charge in [-0.1, -0.05) is 11.8 Å². The molecule has 0 amide bonds. The van der Waals surface area contributed by atoms with Crippen molar-refractivity contribution >= 4 is 28.9 Å². The molecule has 0 unspecified atom stereocenters. The zero-order valence-electron chi connectivity index (χ0n) is 11.9. The molecule has 8 heteroatoms. The molecule has 7 nitrogen and oxygen atoms in total. The zero-order chi connectivity index (χ0) is 15.0. The molecular weight excluding hydrogens is 292 g/mol. The van der Waals surface area contributed by atoms with Crippen LogP contribution in [0.15, 0.2) is 11.5 Å². The van der Waals surface area contributed by atoms with E-state index in [2.05, 4.69) is 21.9 Å². The Morgan fingerprint density at radius 2 is 2.29 bits per heavy atom.